The SMILES string of the molecule is CC(C)=CC[C@@]1(C(=O)O)CCCN(C(=O)c2cccn(C)c2=O)C1. The summed E-state index contributed by atoms with van der Waals surface area (Å²) < 4.78 is 1.35. The van der Waals surface area contributed by atoms with E-state index in [1.807, 2.05) is 19.9 Å². The fourth-order valence-corrected chi connectivity index (χ4v) is 3.06. The number of nitrogens with zero attached hydrogens (tertiary/aromatic N) is 2. The molecule has 1 saturated heterocycles. The normalized spacial score (nSPS) is 20.5. The standard InChI is InChI=1S/C18H24N2O4/c1-13(2)7-9-18(17(23)24)8-5-11-20(12-18)16(22)14-6-4-10-19(3)15(14)21/h4,6-7,10H,5,8-9,11-12H2,1-3H3,(H,23,24)/t18-/m0/s1. The first-order chi connectivity index (χ1) is 11.3. The van der Waals surface area contributed by atoms with Gasteiger partial charge in [-0.1, -0.05) is 11.6 Å². The molecule has 1 fully saturated rings. The van der Waals surface area contributed by atoms with Crippen LogP contribution in [0.15, 0.2) is 34.8 Å². The van der Waals surface area contributed by atoms with Gasteiger partial charge in [0.2, 0.25) is 0 Å². The van der Waals surface area contributed by atoms with Gasteiger partial charge in [0.05, 0.1) is 5.41 Å². The number of piperidine rings is 1. The highest BCUT2D eigenvalue weighted by Crippen LogP contribution is 2.35. The molecule has 6 heteroatoms. The Labute approximate surface area is 141 Å². The molecular formula is C18H24N2O4. The monoisotopic (exact) mass is 332 g/mol. The molecule has 1 aliphatic rings. The molecule has 2 rings (SSSR count). The molecule has 1 aliphatic heterocycles. The second-order valence-corrected chi connectivity index (χ2v) is 6.74. The molecule has 1 aromatic rings. The molecular weight excluding hydrogens is 308 g/mol. The number of carboxylic acids is 1. The third-order valence-electron chi connectivity index (χ3n) is 4.57. The van der Waals surface area contributed by atoms with Crippen molar-refractivity contribution in [1.29, 1.82) is 0 Å². The molecule has 0 spiro atoms. The Balaban J connectivity index is 2.30. The summed E-state index contributed by atoms with van der Waals surface area (Å²) >= 11 is 0. The number of carboxylic acid groups (broad SMARTS) is 1. The number of amides is 1. The number of hydrogen-bond donors (Lipinski definition) is 1. The minimum atomic E-state index is -0.981. The molecule has 1 aromatic heterocycles. The smallest absolute Gasteiger partial charge is 0.311 e. The summed E-state index contributed by atoms with van der Waals surface area (Å²) in [5.74, 6) is -1.28. The van der Waals surface area contributed by atoms with E-state index in [9.17, 15) is 19.5 Å². The number of hydrogen-bond acceptors (Lipinski definition) is 3. The molecule has 1 amide bonds. The van der Waals surface area contributed by atoms with E-state index in [1.165, 1.54) is 15.5 Å². The first-order valence-electron chi connectivity index (χ1n) is 8.08. The maximum absolute atomic E-state index is 12.7. The summed E-state index contributed by atoms with van der Waals surface area (Å²) in [6.45, 7) is 4.45. The van der Waals surface area contributed by atoms with Crippen LogP contribution in [0.1, 0.15) is 43.5 Å². The minimum absolute atomic E-state index is 0.0865. The first-order valence-corrected chi connectivity index (χ1v) is 8.08. The number of aliphatic carboxylic acids is 1. The summed E-state index contributed by atoms with van der Waals surface area (Å²) in [5, 5.41) is 9.74. The van der Waals surface area contributed by atoms with Crippen LogP contribution in [0, 0.1) is 5.41 Å². The van der Waals surface area contributed by atoms with Gasteiger partial charge in [0, 0.05) is 26.3 Å². The molecule has 0 unspecified atom stereocenters. The highest BCUT2D eigenvalue weighted by atomic mass is 16.4. The van der Waals surface area contributed by atoms with Crippen LogP contribution < -0.4 is 5.56 Å². The number of carbonyl (C=O) groups is 2. The van der Waals surface area contributed by atoms with Gasteiger partial charge in [-0.3, -0.25) is 14.4 Å². The summed E-state index contributed by atoms with van der Waals surface area (Å²) in [6.07, 6.45) is 5.03. The molecule has 2 heterocycles. The fraction of sp³-hybridized carbons (Fsp3) is 0.500. The predicted molar refractivity (Wildman–Crippen MR) is 90.9 cm³/mol. The average molecular weight is 332 g/mol. The zero-order chi connectivity index (χ0) is 17.9. The van der Waals surface area contributed by atoms with Crippen molar-refractivity contribution in [3.8, 4) is 0 Å². The van der Waals surface area contributed by atoms with Crippen molar-refractivity contribution in [3.63, 3.8) is 0 Å². The summed E-state index contributed by atoms with van der Waals surface area (Å²) in [5.41, 5.74) is -0.205. The molecule has 0 aliphatic carbocycles. The van der Waals surface area contributed by atoms with Gasteiger partial charge in [0.15, 0.2) is 0 Å². The van der Waals surface area contributed by atoms with Crippen LogP contribution in [-0.4, -0.2) is 39.5 Å². The minimum Gasteiger partial charge on any atom is -0.481 e. The predicted octanol–water partition coefficient (Wildman–Crippen LogP) is 2.05. The van der Waals surface area contributed by atoms with Crippen LogP contribution in [0.3, 0.4) is 0 Å². The molecule has 24 heavy (non-hydrogen) atoms. The Bertz CT molecular complexity index is 731. The molecule has 0 bridgehead atoms. The lowest BCUT2D eigenvalue weighted by molar-refractivity contribution is -0.151. The number of rotatable bonds is 4. The maximum atomic E-state index is 12.7. The highest BCUT2D eigenvalue weighted by Gasteiger charge is 2.43. The van der Waals surface area contributed by atoms with E-state index in [-0.39, 0.29) is 17.7 Å². The Morgan fingerprint density at radius 3 is 2.71 bits per heavy atom. The van der Waals surface area contributed by atoms with Gasteiger partial charge in [-0.2, -0.15) is 0 Å². The van der Waals surface area contributed by atoms with Crippen LogP contribution >= 0.6 is 0 Å². The number of allylic oxidation sites excluding steroid dienone is 2. The molecule has 0 radical (unpaired) electrons. The average Bonchev–Trinajstić information content (AvgIpc) is 2.55. The topological polar surface area (TPSA) is 79.6 Å². The Hall–Kier alpha value is -2.37. The van der Waals surface area contributed by atoms with E-state index < -0.39 is 17.3 Å². The van der Waals surface area contributed by atoms with Crippen molar-refractivity contribution in [1.82, 2.24) is 9.47 Å². The lowest BCUT2D eigenvalue weighted by Gasteiger charge is -2.39. The number of likely N-dealkylation sites (tertiary alicyclic amines) is 1. The molecule has 6 nitrogen and oxygen atoms in total. The van der Waals surface area contributed by atoms with Crippen LogP contribution in [0.4, 0.5) is 0 Å². The van der Waals surface area contributed by atoms with Crippen molar-refractivity contribution in [3.05, 3.63) is 45.9 Å². The van der Waals surface area contributed by atoms with Gasteiger partial charge >= 0.3 is 5.97 Å². The molecule has 1 atom stereocenters. The van der Waals surface area contributed by atoms with E-state index in [1.54, 1.807) is 19.3 Å². The fourth-order valence-electron chi connectivity index (χ4n) is 3.06. The maximum Gasteiger partial charge on any atom is 0.311 e. The largest absolute Gasteiger partial charge is 0.481 e. The lowest BCUT2D eigenvalue weighted by Crippen LogP contribution is -2.50. The van der Waals surface area contributed by atoms with E-state index in [0.29, 0.717) is 25.8 Å². The van der Waals surface area contributed by atoms with Crippen molar-refractivity contribution >= 4 is 11.9 Å². The third-order valence-corrected chi connectivity index (χ3v) is 4.57. The zero-order valence-corrected chi connectivity index (χ0v) is 14.4. The number of carbonyl (C=O) groups excluding carboxylic acids is 1. The van der Waals surface area contributed by atoms with Crippen LogP contribution in [0.5, 0.6) is 0 Å². The Morgan fingerprint density at radius 2 is 2.08 bits per heavy atom. The third kappa shape index (κ3) is 3.58. The first kappa shape index (κ1) is 18.0. The van der Waals surface area contributed by atoms with E-state index >= 15 is 0 Å². The molecule has 0 aromatic carbocycles. The van der Waals surface area contributed by atoms with E-state index in [0.717, 1.165) is 5.57 Å². The van der Waals surface area contributed by atoms with Crippen LogP contribution in [0.25, 0.3) is 0 Å². The van der Waals surface area contributed by atoms with E-state index in [2.05, 4.69) is 0 Å². The summed E-state index contributed by atoms with van der Waals surface area (Å²) in [6, 6.07) is 3.14. The van der Waals surface area contributed by atoms with Crippen LogP contribution in [-0.2, 0) is 11.8 Å². The summed E-state index contributed by atoms with van der Waals surface area (Å²) in [7, 11) is 1.59. The number of aromatic nitrogens is 1. The Morgan fingerprint density at radius 1 is 1.38 bits per heavy atom. The van der Waals surface area contributed by atoms with Crippen molar-refractivity contribution in [2.45, 2.75) is 33.1 Å². The van der Waals surface area contributed by atoms with Gasteiger partial charge in [0.1, 0.15) is 5.56 Å². The van der Waals surface area contributed by atoms with Gasteiger partial charge in [-0.25, -0.2) is 0 Å². The highest BCUT2D eigenvalue weighted by molar-refractivity contribution is 5.94. The molecule has 130 valence electrons. The van der Waals surface area contributed by atoms with Gasteiger partial charge < -0.3 is 14.6 Å². The van der Waals surface area contributed by atoms with Crippen molar-refractivity contribution < 1.29 is 14.7 Å². The molecule has 0 saturated carbocycles. The molecule has 1 N–H and O–H groups in total. The number of aryl methyl sites for hydroxylation is 1. The second-order valence-electron chi connectivity index (χ2n) is 6.74. The quantitative estimate of drug-likeness (QED) is 0.856. The Kier molecular flexibility index (Phi) is 5.26. The van der Waals surface area contributed by atoms with Crippen molar-refractivity contribution in [2.75, 3.05) is 13.1 Å². The summed E-state index contributed by atoms with van der Waals surface area (Å²) in [4.78, 5) is 38.3. The van der Waals surface area contributed by atoms with Gasteiger partial charge in [-0.15, -0.1) is 0 Å². The number of pyridine rings is 1. The van der Waals surface area contributed by atoms with Crippen molar-refractivity contribution in [2.24, 2.45) is 12.5 Å². The van der Waals surface area contributed by atoms with Gasteiger partial charge in [-0.05, 0) is 45.2 Å². The zero-order valence-electron chi connectivity index (χ0n) is 14.4. The lowest BCUT2D eigenvalue weighted by atomic mass is 9.76. The second kappa shape index (κ2) is 7.03. The van der Waals surface area contributed by atoms with E-state index in [4.69, 9.17) is 0 Å². The van der Waals surface area contributed by atoms with Gasteiger partial charge in [0.25, 0.3) is 11.5 Å². The van der Waals surface area contributed by atoms with Crippen LogP contribution in [0.2, 0.25) is 0 Å².